The maximum Gasteiger partial charge on any atom is 0.259 e. The third-order valence-electron chi connectivity index (χ3n) is 0.356. The van der Waals surface area contributed by atoms with Gasteiger partial charge in [0.15, 0.2) is 0 Å². The molecule has 7 heavy (non-hydrogen) atoms. The van der Waals surface area contributed by atoms with Crippen molar-refractivity contribution in [2.24, 2.45) is 0 Å². The first kappa shape index (κ1) is 6.53. The predicted octanol–water partition coefficient (Wildman–Crippen LogP) is 2.12. The van der Waals surface area contributed by atoms with E-state index in [-0.39, 0.29) is 6.08 Å². The van der Waals surface area contributed by atoms with Crippen LogP contribution in [-0.4, -0.2) is 6.43 Å². The molecule has 0 heterocycles. The molecular formula is C4H5F3. The highest BCUT2D eigenvalue weighted by atomic mass is 19.3. The van der Waals surface area contributed by atoms with E-state index >= 15 is 0 Å². The van der Waals surface area contributed by atoms with Gasteiger partial charge in [-0.05, 0) is 6.92 Å². The van der Waals surface area contributed by atoms with Crippen molar-refractivity contribution in [2.75, 3.05) is 0 Å². The first-order valence-corrected chi connectivity index (χ1v) is 1.75. The first-order chi connectivity index (χ1) is 3.13. The molecule has 0 rings (SSSR count). The molecule has 0 nitrogen and oxygen atoms in total. The van der Waals surface area contributed by atoms with E-state index in [1.54, 1.807) is 0 Å². The molecule has 0 aliphatic carbocycles. The summed E-state index contributed by atoms with van der Waals surface area (Å²) in [6.45, 7) is 0.978. The minimum absolute atomic E-state index is 0.250. The first-order valence-electron chi connectivity index (χ1n) is 1.75. The van der Waals surface area contributed by atoms with E-state index in [0.29, 0.717) is 0 Å². The van der Waals surface area contributed by atoms with Crippen LogP contribution in [0.5, 0.6) is 0 Å². The lowest BCUT2D eigenvalue weighted by molar-refractivity contribution is 0.201. The molecule has 0 aliphatic rings. The van der Waals surface area contributed by atoms with Crippen LogP contribution in [0.4, 0.5) is 13.2 Å². The number of hydrogen-bond donors (Lipinski definition) is 0. The van der Waals surface area contributed by atoms with Crippen molar-refractivity contribution >= 4 is 0 Å². The van der Waals surface area contributed by atoms with Crippen LogP contribution in [0.2, 0.25) is 0 Å². The lowest BCUT2D eigenvalue weighted by atomic mass is 10.5. The Hall–Kier alpha value is -0.470. The molecule has 0 atom stereocenters. The summed E-state index contributed by atoms with van der Waals surface area (Å²) in [5.74, 6) is -0.838. The zero-order valence-corrected chi connectivity index (χ0v) is 3.79. The molecule has 0 amide bonds. The molecule has 0 aromatic heterocycles. The standard InChI is InChI=1S/C4H5F3/c1-3(5)2-4(6)7/h2,4H,1H3/b3-2-. The van der Waals surface area contributed by atoms with Gasteiger partial charge in [-0.25, -0.2) is 13.2 Å². The third kappa shape index (κ3) is 5.53. The number of alkyl halides is 2. The lowest BCUT2D eigenvalue weighted by Crippen LogP contribution is -1.80. The van der Waals surface area contributed by atoms with Gasteiger partial charge in [0.05, 0.1) is 5.83 Å². The van der Waals surface area contributed by atoms with Gasteiger partial charge in [-0.3, -0.25) is 0 Å². The molecule has 0 unspecified atom stereocenters. The maximum absolute atomic E-state index is 11.3. The van der Waals surface area contributed by atoms with Crippen molar-refractivity contribution in [3.05, 3.63) is 11.9 Å². The highest BCUT2D eigenvalue weighted by molar-refractivity contribution is 4.88. The predicted molar refractivity (Wildman–Crippen MR) is 20.9 cm³/mol. The second-order valence-corrected chi connectivity index (χ2v) is 1.09. The topological polar surface area (TPSA) is 0 Å². The van der Waals surface area contributed by atoms with Gasteiger partial charge in [0.1, 0.15) is 0 Å². The van der Waals surface area contributed by atoms with Crippen molar-refractivity contribution in [2.45, 2.75) is 13.3 Å². The molecule has 0 aliphatic heterocycles. The van der Waals surface area contributed by atoms with E-state index in [0.717, 1.165) is 6.92 Å². The molecule has 0 spiro atoms. The van der Waals surface area contributed by atoms with Crippen LogP contribution in [0.15, 0.2) is 11.9 Å². The monoisotopic (exact) mass is 110 g/mol. The van der Waals surface area contributed by atoms with E-state index in [2.05, 4.69) is 0 Å². The third-order valence-corrected chi connectivity index (χ3v) is 0.356. The van der Waals surface area contributed by atoms with Crippen LogP contribution < -0.4 is 0 Å². The van der Waals surface area contributed by atoms with Gasteiger partial charge in [0, 0.05) is 6.08 Å². The van der Waals surface area contributed by atoms with E-state index in [4.69, 9.17) is 0 Å². The summed E-state index contributed by atoms with van der Waals surface area (Å²) in [4.78, 5) is 0. The Morgan fingerprint density at radius 3 is 2.00 bits per heavy atom. The molecular weight excluding hydrogens is 105 g/mol. The average Bonchev–Trinajstić information content (AvgIpc) is 1.27. The van der Waals surface area contributed by atoms with E-state index < -0.39 is 12.3 Å². The van der Waals surface area contributed by atoms with Crippen molar-refractivity contribution in [3.63, 3.8) is 0 Å². The highest BCUT2D eigenvalue weighted by Gasteiger charge is 1.94. The fraction of sp³-hybridized carbons (Fsp3) is 0.500. The summed E-state index contributed by atoms with van der Waals surface area (Å²) >= 11 is 0. The number of hydrogen-bond acceptors (Lipinski definition) is 0. The SMILES string of the molecule is C/C(F)=C/C(F)F. The van der Waals surface area contributed by atoms with Crippen LogP contribution in [0.25, 0.3) is 0 Å². The summed E-state index contributed by atoms with van der Waals surface area (Å²) in [6, 6.07) is 0. The molecule has 0 radical (unpaired) electrons. The Kier molecular flexibility index (Phi) is 2.48. The molecule has 0 aromatic carbocycles. The largest absolute Gasteiger partial charge is 0.259 e. The van der Waals surface area contributed by atoms with Gasteiger partial charge in [0.25, 0.3) is 6.43 Å². The average molecular weight is 110 g/mol. The summed E-state index contributed by atoms with van der Waals surface area (Å²) in [6.07, 6.45) is -2.41. The van der Waals surface area contributed by atoms with Crippen molar-refractivity contribution in [1.29, 1.82) is 0 Å². The molecule has 0 saturated carbocycles. The van der Waals surface area contributed by atoms with E-state index in [1.165, 1.54) is 0 Å². The fourth-order valence-electron chi connectivity index (χ4n) is 0.174. The zero-order valence-electron chi connectivity index (χ0n) is 3.79. The summed E-state index contributed by atoms with van der Waals surface area (Å²) in [5, 5.41) is 0. The van der Waals surface area contributed by atoms with Crippen LogP contribution in [0.1, 0.15) is 6.92 Å². The Bertz CT molecular complexity index is 71.0. The van der Waals surface area contributed by atoms with Crippen LogP contribution in [0, 0.1) is 0 Å². The van der Waals surface area contributed by atoms with Gasteiger partial charge in [-0.1, -0.05) is 0 Å². The fourth-order valence-corrected chi connectivity index (χ4v) is 0.174. The number of allylic oxidation sites excluding steroid dienone is 2. The van der Waals surface area contributed by atoms with Crippen LogP contribution in [0.3, 0.4) is 0 Å². The minimum atomic E-state index is -2.66. The molecule has 3 heteroatoms. The molecule has 0 bridgehead atoms. The minimum Gasteiger partial charge on any atom is -0.212 e. The van der Waals surface area contributed by atoms with Gasteiger partial charge >= 0.3 is 0 Å². The van der Waals surface area contributed by atoms with Crippen molar-refractivity contribution < 1.29 is 13.2 Å². The Balaban J connectivity index is 3.45. The smallest absolute Gasteiger partial charge is 0.212 e. The lowest BCUT2D eigenvalue weighted by Gasteiger charge is -1.82. The Morgan fingerprint density at radius 2 is 2.00 bits per heavy atom. The van der Waals surface area contributed by atoms with Crippen molar-refractivity contribution in [1.82, 2.24) is 0 Å². The molecule has 42 valence electrons. The van der Waals surface area contributed by atoms with Gasteiger partial charge in [-0.15, -0.1) is 0 Å². The normalized spacial score (nSPS) is 13.0. The molecule has 0 saturated heterocycles. The summed E-state index contributed by atoms with van der Waals surface area (Å²) in [7, 11) is 0. The second-order valence-electron chi connectivity index (χ2n) is 1.09. The van der Waals surface area contributed by atoms with E-state index in [9.17, 15) is 13.2 Å². The zero-order chi connectivity index (χ0) is 5.86. The quantitative estimate of drug-likeness (QED) is 0.485. The van der Waals surface area contributed by atoms with E-state index in [1.807, 2.05) is 0 Å². The summed E-state index contributed by atoms with van der Waals surface area (Å²) in [5.41, 5.74) is 0. The van der Waals surface area contributed by atoms with Crippen LogP contribution in [-0.2, 0) is 0 Å². The Labute approximate surface area is 39.6 Å². The number of halogens is 3. The number of rotatable bonds is 1. The molecule has 0 fully saturated rings. The Morgan fingerprint density at radius 1 is 1.57 bits per heavy atom. The summed E-state index contributed by atoms with van der Waals surface area (Å²) < 4.78 is 33.3. The molecule has 0 N–H and O–H groups in total. The maximum atomic E-state index is 11.3. The second kappa shape index (κ2) is 2.66. The van der Waals surface area contributed by atoms with Gasteiger partial charge < -0.3 is 0 Å². The molecule has 0 aromatic rings. The van der Waals surface area contributed by atoms with Gasteiger partial charge in [0.2, 0.25) is 0 Å². The van der Waals surface area contributed by atoms with Gasteiger partial charge in [-0.2, -0.15) is 0 Å². The van der Waals surface area contributed by atoms with Crippen molar-refractivity contribution in [3.8, 4) is 0 Å². The van der Waals surface area contributed by atoms with Crippen LogP contribution >= 0.6 is 0 Å². The highest BCUT2D eigenvalue weighted by Crippen LogP contribution is 2.00.